The standard InChI is InChI=1S/C16H18Cl2N4O2S/c1-8(2)9(3)21-22-16-20-15(24)13(25-16)7-14(23)19-12-6-10(17)4-5-11(12)18/h4-6,8,13H,7H2,1-3H3,(H,19,23)(H,20,22,24)/b21-9-. The molecule has 0 aliphatic carbocycles. The van der Waals surface area contributed by atoms with Crippen LogP contribution in [0.4, 0.5) is 5.69 Å². The number of anilines is 1. The van der Waals surface area contributed by atoms with Crippen LogP contribution >= 0.6 is 35.0 Å². The monoisotopic (exact) mass is 400 g/mol. The van der Waals surface area contributed by atoms with Gasteiger partial charge in [-0.2, -0.15) is 5.10 Å². The maximum Gasteiger partial charge on any atom is 0.240 e. The molecule has 0 bridgehead atoms. The van der Waals surface area contributed by atoms with Crippen molar-refractivity contribution in [2.24, 2.45) is 16.1 Å². The summed E-state index contributed by atoms with van der Waals surface area (Å²) in [5.41, 5.74) is 1.27. The molecule has 1 aromatic carbocycles. The molecule has 2 rings (SSSR count). The minimum absolute atomic E-state index is 0.00869. The Morgan fingerprint density at radius 1 is 1.40 bits per heavy atom. The zero-order valence-electron chi connectivity index (χ0n) is 14.0. The van der Waals surface area contributed by atoms with E-state index in [4.69, 9.17) is 23.2 Å². The Morgan fingerprint density at radius 2 is 2.12 bits per heavy atom. The molecule has 25 heavy (non-hydrogen) atoms. The predicted octanol–water partition coefficient (Wildman–Crippen LogP) is 3.94. The van der Waals surface area contributed by atoms with Gasteiger partial charge >= 0.3 is 0 Å². The van der Waals surface area contributed by atoms with E-state index in [1.807, 2.05) is 20.8 Å². The Hall–Kier alpha value is -1.57. The van der Waals surface area contributed by atoms with Gasteiger partial charge in [0.25, 0.3) is 0 Å². The second-order valence-corrected chi connectivity index (χ2v) is 7.81. The van der Waals surface area contributed by atoms with Crippen molar-refractivity contribution < 1.29 is 9.59 Å². The Morgan fingerprint density at radius 3 is 2.80 bits per heavy atom. The van der Waals surface area contributed by atoms with Gasteiger partial charge < -0.3 is 10.6 Å². The first kappa shape index (κ1) is 19.8. The summed E-state index contributed by atoms with van der Waals surface area (Å²) in [5.74, 6) is -0.330. The zero-order chi connectivity index (χ0) is 18.6. The Balaban J connectivity index is 1.97. The van der Waals surface area contributed by atoms with Crippen LogP contribution in [-0.4, -0.2) is 27.9 Å². The van der Waals surface area contributed by atoms with E-state index in [1.165, 1.54) is 11.8 Å². The fourth-order valence-electron chi connectivity index (χ4n) is 1.79. The van der Waals surface area contributed by atoms with E-state index in [0.29, 0.717) is 20.9 Å². The molecular formula is C16H18Cl2N4O2S. The Bertz CT molecular complexity index is 750. The molecule has 2 N–H and O–H groups in total. The van der Waals surface area contributed by atoms with Crippen molar-refractivity contribution in [3.63, 3.8) is 0 Å². The molecule has 1 heterocycles. The molecular weight excluding hydrogens is 383 g/mol. The molecule has 1 aliphatic rings. The van der Waals surface area contributed by atoms with Gasteiger partial charge in [0.15, 0.2) is 5.17 Å². The summed E-state index contributed by atoms with van der Waals surface area (Å²) < 4.78 is 0. The van der Waals surface area contributed by atoms with Crippen molar-refractivity contribution in [1.29, 1.82) is 0 Å². The van der Waals surface area contributed by atoms with Crippen LogP contribution in [0, 0.1) is 5.92 Å². The Kier molecular flexibility index (Phi) is 6.87. The van der Waals surface area contributed by atoms with E-state index in [2.05, 4.69) is 20.8 Å². The minimum atomic E-state index is -0.564. The summed E-state index contributed by atoms with van der Waals surface area (Å²) in [6.45, 7) is 5.89. The number of nitrogens with zero attached hydrogens (tertiary/aromatic N) is 2. The molecule has 2 amide bonds. The van der Waals surface area contributed by atoms with Gasteiger partial charge in [0.05, 0.1) is 10.7 Å². The molecule has 1 fully saturated rings. The highest BCUT2D eigenvalue weighted by atomic mass is 35.5. The van der Waals surface area contributed by atoms with Crippen molar-refractivity contribution in [2.45, 2.75) is 32.4 Å². The van der Waals surface area contributed by atoms with E-state index in [9.17, 15) is 9.59 Å². The van der Waals surface area contributed by atoms with Crippen LogP contribution in [0.1, 0.15) is 27.2 Å². The number of rotatable bonds is 5. The topological polar surface area (TPSA) is 82.9 Å². The van der Waals surface area contributed by atoms with Crippen molar-refractivity contribution in [2.75, 3.05) is 5.32 Å². The highest BCUT2D eigenvalue weighted by molar-refractivity contribution is 8.15. The smallest absolute Gasteiger partial charge is 0.240 e. The molecule has 1 unspecified atom stereocenters. The van der Waals surface area contributed by atoms with E-state index >= 15 is 0 Å². The molecule has 0 radical (unpaired) electrons. The fraction of sp³-hybridized carbons (Fsp3) is 0.375. The fourth-order valence-corrected chi connectivity index (χ4v) is 3.04. The molecule has 1 saturated heterocycles. The SMILES string of the molecule is C/C(=N/N=C1/NC(=O)C(CC(=O)Nc2cc(Cl)ccc2Cl)S1)C(C)C. The van der Waals surface area contributed by atoms with Gasteiger partial charge in [0.1, 0.15) is 5.25 Å². The number of halogens is 2. The van der Waals surface area contributed by atoms with Crippen molar-refractivity contribution in [3.8, 4) is 0 Å². The van der Waals surface area contributed by atoms with E-state index in [0.717, 1.165) is 5.71 Å². The molecule has 0 aromatic heterocycles. The van der Waals surface area contributed by atoms with E-state index < -0.39 is 5.25 Å². The summed E-state index contributed by atoms with van der Waals surface area (Å²) in [4.78, 5) is 24.1. The number of hydrogen-bond acceptors (Lipinski definition) is 5. The lowest BCUT2D eigenvalue weighted by Gasteiger charge is -2.09. The number of amides is 2. The van der Waals surface area contributed by atoms with Crippen LogP contribution in [-0.2, 0) is 9.59 Å². The first-order valence-electron chi connectivity index (χ1n) is 7.61. The van der Waals surface area contributed by atoms with Crippen LogP contribution in [0.15, 0.2) is 28.4 Å². The Labute approximate surface area is 160 Å². The molecule has 6 nitrogen and oxygen atoms in total. The van der Waals surface area contributed by atoms with Gasteiger partial charge in [-0.05, 0) is 31.0 Å². The van der Waals surface area contributed by atoms with Gasteiger partial charge in [-0.25, -0.2) is 0 Å². The highest BCUT2D eigenvalue weighted by Gasteiger charge is 2.32. The quantitative estimate of drug-likeness (QED) is 0.579. The lowest BCUT2D eigenvalue weighted by atomic mass is 10.1. The van der Waals surface area contributed by atoms with E-state index in [-0.39, 0.29) is 24.2 Å². The molecule has 9 heteroatoms. The molecule has 1 atom stereocenters. The maximum absolute atomic E-state index is 12.2. The van der Waals surface area contributed by atoms with Gasteiger partial charge in [0, 0.05) is 17.2 Å². The summed E-state index contributed by atoms with van der Waals surface area (Å²) in [7, 11) is 0. The number of hydrogen-bond donors (Lipinski definition) is 2. The molecule has 1 aromatic rings. The normalized spacial score (nSPS) is 19.4. The summed E-state index contributed by atoms with van der Waals surface area (Å²) in [5, 5.41) is 14.1. The number of carbonyl (C=O) groups is 2. The van der Waals surface area contributed by atoms with Crippen LogP contribution in [0.5, 0.6) is 0 Å². The molecule has 0 saturated carbocycles. The second kappa shape index (κ2) is 8.69. The molecule has 0 spiro atoms. The number of thioether (sulfide) groups is 1. The summed E-state index contributed by atoms with van der Waals surface area (Å²) in [6.07, 6.45) is -0.00869. The van der Waals surface area contributed by atoms with E-state index in [1.54, 1.807) is 18.2 Å². The lowest BCUT2D eigenvalue weighted by molar-refractivity contribution is -0.122. The lowest BCUT2D eigenvalue weighted by Crippen LogP contribution is -2.28. The molecule has 1 aliphatic heterocycles. The number of nitrogens with one attached hydrogen (secondary N) is 2. The van der Waals surface area contributed by atoms with Gasteiger partial charge in [0.2, 0.25) is 11.8 Å². The molecule has 134 valence electrons. The second-order valence-electron chi connectivity index (χ2n) is 5.77. The third kappa shape index (κ3) is 5.73. The first-order valence-corrected chi connectivity index (χ1v) is 9.24. The summed E-state index contributed by atoms with van der Waals surface area (Å²) in [6, 6.07) is 4.78. The highest BCUT2D eigenvalue weighted by Crippen LogP contribution is 2.27. The minimum Gasteiger partial charge on any atom is -0.325 e. The third-order valence-electron chi connectivity index (χ3n) is 3.48. The van der Waals surface area contributed by atoms with Gasteiger partial charge in [-0.1, -0.05) is 48.8 Å². The maximum atomic E-state index is 12.2. The number of benzene rings is 1. The number of amidine groups is 1. The number of carbonyl (C=O) groups excluding carboxylic acids is 2. The first-order chi connectivity index (χ1) is 11.8. The van der Waals surface area contributed by atoms with Gasteiger partial charge in [-0.3, -0.25) is 9.59 Å². The van der Waals surface area contributed by atoms with Crippen LogP contribution in [0.3, 0.4) is 0 Å². The van der Waals surface area contributed by atoms with Crippen molar-refractivity contribution in [1.82, 2.24) is 5.32 Å². The van der Waals surface area contributed by atoms with Crippen LogP contribution in [0.25, 0.3) is 0 Å². The average molecular weight is 401 g/mol. The predicted molar refractivity (Wildman–Crippen MR) is 105 cm³/mol. The van der Waals surface area contributed by atoms with Gasteiger partial charge in [-0.15, -0.1) is 5.10 Å². The third-order valence-corrected chi connectivity index (χ3v) is 5.12. The van der Waals surface area contributed by atoms with Crippen LogP contribution < -0.4 is 10.6 Å². The zero-order valence-corrected chi connectivity index (χ0v) is 16.3. The largest absolute Gasteiger partial charge is 0.325 e. The average Bonchev–Trinajstić information content (AvgIpc) is 2.88. The van der Waals surface area contributed by atoms with Crippen molar-refractivity contribution >= 4 is 63.3 Å². The summed E-state index contributed by atoms with van der Waals surface area (Å²) >= 11 is 13.1. The van der Waals surface area contributed by atoms with Crippen LogP contribution in [0.2, 0.25) is 10.0 Å². The van der Waals surface area contributed by atoms with Crippen molar-refractivity contribution in [3.05, 3.63) is 28.2 Å².